The Morgan fingerprint density at radius 3 is 2.87 bits per heavy atom. The van der Waals surface area contributed by atoms with Crippen LogP contribution in [-0.2, 0) is 0 Å². The van der Waals surface area contributed by atoms with Crippen LogP contribution < -0.4 is 11.0 Å². The average molecular weight is 326 g/mol. The Balaban J connectivity index is 1.89. The number of amides is 1. The lowest BCUT2D eigenvalue weighted by Gasteiger charge is -2.07. The Hall–Kier alpha value is -3.11. The molecule has 3 heterocycles. The van der Waals surface area contributed by atoms with E-state index in [0.29, 0.717) is 22.3 Å². The van der Waals surface area contributed by atoms with Crippen molar-refractivity contribution in [2.45, 2.75) is 6.18 Å². The highest BCUT2D eigenvalue weighted by atomic mass is 19.4. The number of H-pyrrole nitrogens is 2. The molecule has 8 nitrogen and oxygen atoms in total. The topological polar surface area (TPSA) is 108 Å². The van der Waals surface area contributed by atoms with Crippen LogP contribution in [0.4, 0.5) is 18.0 Å². The normalized spacial score (nSPS) is 11.8. The van der Waals surface area contributed by atoms with E-state index >= 15 is 0 Å². The van der Waals surface area contributed by atoms with Crippen LogP contribution in [0.15, 0.2) is 29.5 Å². The van der Waals surface area contributed by atoms with E-state index in [2.05, 4.69) is 20.1 Å². The molecule has 3 rings (SSSR count). The van der Waals surface area contributed by atoms with Gasteiger partial charge in [-0.2, -0.15) is 23.0 Å². The number of pyridine rings is 1. The van der Waals surface area contributed by atoms with E-state index < -0.39 is 24.4 Å². The van der Waals surface area contributed by atoms with Crippen LogP contribution in [0, 0.1) is 0 Å². The molecular formula is C12H9F3N6O2. The number of alkyl halides is 3. The van der Waals surface area contributed by atoms with Gasteiger partial charge in [-0.1, -0.05) is 0 Å². The van der Waals surface area contributed by atoms with Crippen molar-refractivity contribution in [1.82, 2.24) is 30.0 Å². The van der Waals surface area contributed by atoms with Gasteiger partial charge in [0.25, 0.3) is 0 Å². The van der Waals surface area contributed by atoms with Gasteiger partial charge >= 0.3 is 17.9 Å². The molecule has 23 heavy (non-hydrogen) atoms. The third-order valence-electron chi connectivity index (χ3n) is 2.96. The zero-order chi connectivity index (χ0) is 16.6. The van der Waals surface area contributed by atoms with Gasteiger partial charge in [0.05, 0.1) is 11.7 Å². The minimum atomic E-state index is -4.51. The number of fused-ring (bicyclic) bond motifs is 1. The molecule has 3 aromatic rings. The molecule has 0 fully saturated rings. The fourth-order valence-corrected chi connectivity index (χ4v) is 2.01. The van der Waals surface area contributed by atoms with Crippen molar-refractivity contribution >= 4 is 17.2 Å². The number of rotatable bonds is 2. The lowest BCUT2D eigenvalue weighted by molar-refractivity contribution is -0.122. The third kappa shape index (κ3) is 3.07. The molecule has 120 valence electrons. The van der Waals surface area contributed by atoms with E-state index in [9.17, 15) is 22.8 Å². The summed E-state index contributed by atoms with van der Waals surface area (Å²) in [5.74, 6) is 0. The standard InChI is InChI=1S/C12H9F3N6O2/c13-12(14,15)5-17-11(23)21-4-6(3-18-21)7-1-2-16-9-8(7)19-10(22)20-9/h1-4H,5H2,(H,17,23)(H2,16,19,20,22). The molecule has 0 unspecified atom stereocenters. The summed E-state index contributed by atoms with van der Waals surface area (Å²) in [7, 11) is 0. The smallest absolute Gasteiger partial charge is 0.327 e. The first-order chi connectivity index (χ1) is 10.8. The van der Waals surface area contributed by atoms with Gasteiger partial charge in [0.15, 0.2) is 5.65 Å². The SMILES string of the molecule is O=C(NCC(F)(F)F)n1cc(-c2ccnc3[nH]c(=O)[nH]c23)cn1. The summed E-state index contributed by atoms with van der Waals surface area (Å²) >= 11 is 0. The maximum atomic E-state index is 12.1. The lowest BCUT2D eigenvalue weighted by Crippen LogP contribution is -2.36. The van der Waals surface area contributed by atoms with Crippen molar-refractivity contribution in [2.75, 3.05) is 6.54 Å². The van der Waals surface area contributed by atoms with Crippen molar-refractivity contribution < 1.29 is 18.0 Å². The Labute approximate surface area is 125 Å². The first-order valence-corrected chi connectivity index (χ1v) is 6.30. The Morgan fingerprint density at radius 2 is 2.13 bits per heavy atom. The number of aromatic amines is 2. The van der Waals surface area contributed by atoms with Crippen LogP contribution >= 0.6 is 0 Å². The van der Waals surface area contributed by atoms with E-state index in [1.54, 1.807) is 11.4 Å². The van der Waals surface area contributed by atoms with Crippen molar-refractivity contribution in [1.29, 1.82) is 0 Å². The largest absolute Gasteiger partial charge is 0.405 e. The minimum absolute atomic E-state index is 0.321. The Bertz CT molecular complexity index is 923. The zero-order valence-corrected chi connectivity index (χ0v) is 11.3. The fraction of sp³-hybridized carbons (Fsp3) is 0.167. The predicted molar refractivity (Wildman–Crippen MR) is 72.8 cm³/mol. The third-order valence-corrected chi connectivity index (χ3v) is 2.96. The summed E-state index contributed by atoms with van der Waals surface area (Å²) < 4.78 is 37.0. The molecule has 0 bridgehead atoms. The molecule has 0 spiro atoms. The minimum Gasteiger partial charge on any atom is -0.327 e. The summed E-state index contributed by atoms with van der Waals surface area (Å²) in [4.78, 5) is 31.9. The molecule has 0 aliphatic carbocycles. The molecule has 3 aromatic heterocycles. The molecule has 0 aliphatic heterocycles. The van der Waals surface area contributed by atoms with E-state index in [1.165, 1.54) is 18.6 Å². The van der Waals surface area contributed by atoms with Crippen molar-refractivity contribution in [2.24, 2.45) is 0 Å². The van der Waals surface area contributed by atoms with E-state index in [1.807, 2.05) is 0 Å². The number of hydrogen-bond acceptors (Lipinski definition) is 4. The number of carbonyl (C=O) groups excluding carboxylic acids is 1. The second-order valence-electron chi connectivity index (χ2n) is 4.61. The average Bonchev–Trinajstić information content (AvgIpc) is 3.08. The van der Waals surface area contributed by atoms with Gasteiger partial charge in [0.1, 0.15) is 6.54 Å². The molecule has 1 amide bonds. The first kappa shape index (κ1) is 14.8. The van der Waals surface area contributed by atoms with Crippen LogP contribution in [0.25, 0.3) is 22.3 Å². The highest BCUT2D eigenvalue weighted by molar-refractivity contribution is 5.89. The molecule has 0 atom stereocenters. The Morgan fingerprint density at radius 1 is 1.35 bits per heavy atom. The highest BCUT2D eigenvalue weighted by Crippen LogP contribution is 2.23. The number of hydrogen-bond donors (Lipinski definition) is 3. The van der Waals surface area contributed by atoms with Gasteiger partial charge in [-0.3, -0.25) is 4.98 Å². The van der Waals surface area contributed by atoms with Crippen LogP contribution in [0.5, 0.6) is 0 Å². The van der Waals surface area contributed by atoms with Crippen LogP contribution in [-0.4, -0.2) is 43.5 Å². The second kappa shape index (κ2) is 5.26. The zero-order valence-electron chi connectivity index (χ0n) is 11.3. The highest BCUT2D eigenvalue weighted by Gasteiger charge is 2.28. The van der Waals surface area contributed by atoms with Crippen molar-refractivity contribution in [3.63, 3.8) is 0 Å². The lowest BCUT2D eigenvalue weighted by atomic mass is 10.1. The monoisotopic (exact) mass is 326 g/mol. The summed E-state index contributed by atoms with van der Waals surface area (Å²) in [6.07, 6.45) is -0.505. The number of aromatic nitrogens is 5. The Kier molecular flexibility index (Phi) is 3.39. The number of halogens is 3. The van der Waals surface area contributed by atoms with E-state index in [4.69, 9.17) is 0 Å². The number of carbonyl (C=O) groups is 1. The van der Waals surface area contributed by atoms with Crippen LogP contribution in [0.3, 0.4) is 0 Å². The van der Waals surface area contributed by atoms with Gasteiger partial charge in [0, 0.05) is 23.5 Å². The summed E-state index contributed by atoms with van der Waals surface area (Å²) in [6.45, 7) is -1.45. The van der Waals surface area contributed by atoms with Gasteiger partial charge in [-0.15, -0.1) is 0 Å². The molecule has 0 saturated carbocycles. The summed E-state index contributed by atoms with van der Waals surface area (Å²) in [6, 6.07) is 0.572. The van der Waals surface area contributed by atoms with Crippen LogP contribution in [0.2, 0.25) is 0 Å². The van der Waals surface area contributed by atoms with Crippen molar-refractivity contribution in [3.8, 4) is 11.1 Å². The van der Waals surface area contributed by atoms with Gasteiger partial charge < -0.3 is 10.3 Å². The summed E-state index contributed by atoms with van der Waals surface area (Å²) in [5, 5.41) is 5.43. The first-order valence-electron chi connectivity index (χ1n) is 6.30. The van der Waals surface area contributed by atoms with E-state index in [-0.39, 0.29) is 0 Å². The van der Waals surface area contributed by atoms with E-state index in [0.717, 1.165) is 4.68 Å². The quantitative estimate of drug-likeness (QED) is 0.658. The maximum Gasteiger partial charge on any atom is 0.405 e. The van der Waals surface area contributed by atoms with Crippen molar-refractivity contribution in [3.05, 3.63) is 35.1 Å². The molecule has 0 aliphatic rings. The molecule has 0 aromatic carbocycles. The van der Waals surface area contributed by atoms with Gasteiger partial charge in [-0.05, 0) is 6.07 Å². The molecule has 3 N–H and O–H groups in total. The second-order valence-corrected chi connectivity index (χ2v) is 4.61. The van der Waals surface area contributed by atoms with Gasteiger partial charge in [-0.25, -0.2) is 14.6 Å². The molecule has 0 saturated heterocycles. The molecular weight excluding hydrogens is 317 g/mol. The predicted octanol–water partition coefficient (Wildman–Crippen LogP) is 1.23. The number of nitrogens with one attached hydrogen (secondary N) is 3. The molecule has 0 radical (unpaired) electrons. The summed E-state index contributed by atoms with van der Waals surface area (Å²) in [5.41, 5.74) is 1.25. The maximum absolute atomic E-state index is 12.1. The number of imidazole rings is 1. The fourth-order valence-electron chi connectivity index (χ4n) is 2.01. The van der Waals surface area contributed by atoms with Crippen LogP contribution in [0.1, 0.15) is 0 Å². The van der Waals surface area contributed by atoms with Gasteiger partial charge in [0.2, 0.25) is 0 Å². The molecule has 11 heteroatoms. The number of nitrogens with zero attached hydrogens (tertiary/aromatic N) is 3.